The molecule has 8 heteroatoms. The molecule has 3 aromatic rings. The molecule has 0 saturated carbocycles. The van der Waals surface area contributed by atoms with Gasteiger partial charge in [0.2, 0.25) is 11.9 Å². The van der Waals surface area contributed by atoms with Crippen molar-refractivity contribution in [1.82, 2.24) is 14.3 Å². The molecular formula is C22H20N6O2. The second-order valence-electron chi connectivity index (χ2n) is 7.73. The molecule has 8 nitrogen and oxygen atoms in total. The normalized spacial score (nSPS) is 16.5. The first-order valence-corrected chi connectivity index (χ1v) is 10.2. The molecule has 6 rings (SSSR count). The van der Waals surface area contributed by atoms with Crippen LogP contribution in [0, 0.1) is 0 Å². The lowest BCUT2D eigenvalue weighted by Gasteiger charge is -2.33. The van der Waals surface area contributed by atoms with Crippen LogP contribution in [-0.2, 0) is 17.8 Å². The van der Waals surface area contributed by atoms with Gasteiger partial charge in [-0.1, -0.05) is 30.3 Å². The number of amidine groups is 1. The lowest BCUT2D eigenvalue weighted by molar-refractivity contribution is -0.119. The first-order chi connectivity index (χ1) is 14.7. The standard InChI is InChI=1S/C22H20N6O2/c29-19(25-13-10-15-6-1-3-8-17(15)25)14-27-22(30)28-18-9-4-2-7-16(18)20-23-11-5-12-26(20)21(28)24-27/h1-4,6-9H,5,10-14H2. The maximum atomic E-state index is 13.3. The summed E-state index contributed by atoms with van der Waals surface area (Å²) >= 11 is 0. The highest BCUT2D eigenvalue weighted by Crippen LogP contribution is 2.30. The van der Waals surface area contributed by atoms with Crippen LogP contribution in [-0.4, -0.2) is 45.7 Å². The summed E-state index contributed by atoms with van der Waals surface area (Å²) in [6, 6.07) is 15.6. The van der Waals surface area contributed by atoms with Crippen LogP contribution >= 0.6 is 0 Å². The van der Waals surface area contributed by atoms with Gasteiger partial charge in [0.05, 0.1) is 5.69 Å². The third kappa shape index (κ3) is 2.39. The number of hydrogen-bond donors (Lipinski definition) is 0. The fourth-order valence-electron chi connectivity index (χ4n) is 4.58. The smallest absolute Gasteiger partial charge is 0.310 e. The van der Waals surface area contributed by atoms with E-state index >= 15 is 0 Å². The number of para-hydroxylation sites is 2. The molecule has 0 spiro atoms. The second-order valence-corrected chi connectivity index (χ2v) is 7.73. The Kier molecular flexibility index (Phi) is 3.68. The number of carbonyl (C=O) groups is 1. The van der Waals surface area contributed by atoms with Crippen molar-refractivity contribution in [2.45, 2.75) is 19.4 Å². The average molecular weight is 400 g/mol. The highest BCUT2D eigenvalue weighted by molar-refractivity contribution is 6.13. The van der Waals surface area contributed by atoms with E-state index in [2.05, 4.69) is 10.1 Å². The van der Waals surface area contributed by atoms with Gasteiger partial charge in [0.25, 0.3) is 0 Å². The molecule has 4 heterocycles. The van der Waals surface area contributed by atoms with Gasteiger partial charge in [-0.3, -0.25) is 14.7 Å². The predicted octanol–water partition coefficient (Wildman–Crippen LogP) is 1.59. The Morgan fingerprint density at radius 1 is 1.00 bits per heavy atom. The monoisotopic (exact) mass is 400 g/mol. The Morgan fingerprint density at radius 3 is 2.70 bits per heavy atom. The maximum absolute atomic E-state index is 13.3. The van der Waals surface area contributed by atoms with E-state index in [1.807, 2.05) is 53.4 Å². The molecule has 150 valence electrons. The summed E-state index contributed by atoms with van der Waals surface area (Å²) in [6.07, 6.45) is 1.73. The zero-order chi connectivity index (χ0) is 20.2. The van der Waals surface area contributed by atoms with Crippen molar-refractivity contribution in [3.63, 3.8) is 0 Å². The summed E-state index contributed by atoms with van der Waals surface area (Å²) in [6.45, 7) is 2.05. The first kappa shape index (κ1) is 17.2. The van der Waals surface area contributed by atoms with E-state index < -0.39 is 0 Å². The van der Waals surface area contributed by atoms with Crippen LogP contribution in [0.15, 0.2) is 58.3 Å². The van der Waals surface area contributed by atoms with Crippen molar-refractivity contribution in [3.8, 4) is 5.69 Å². The predicted molar refractivity (Wildman–Crippen MR) is 114 cm³/mol. The summed E-state index contributed by atoms with van der Waals surface area (Å²) in [5, 5.41) is 4.57. The molecule has 0 radical (unpaired) electrons. The number of benzene rings is 2. The number of rotatable bonds is 2. The van der Waals surface area contributed by atoms with Crippen molar-refractivity contribution < 1.29 is 4.79 Å². The number of fused-ring (bicyclic) bond motifs is 7. The van der Waals surface area contributed by atoms with Gasteiger partial charge >= 0.3 is 5.69 Å². The van der Waals surface area contributed by atoms with Gasteiger partial charge in [-0.15, -0.1) is 5.10 Å². The van der Waals surface area contributed by atoms with Crippen LogP contribution < -0.4 is 15.5 Å². The Balaban J connectivity index is 1.41. The topological polar surface area (TPSA) is 75.7 Å². The molecule has 1 aromatic heterocycles. The summed E-state index contributed by atoms with van der Waals surface area (Å²) in [5.41, 5.74) is 3.47. The minimum Gasteiger partial charge on any atom is -0.310 e. The van der Waals surface area contributed by atoms with Crippen LogP contribution in [0.2, 0.25) is 0 Å². The third-order valence-electron chi connectivity index (χ3n) is 5.98. The van der Waals surface area contributed by atoms with E-state index in [1.165, 1.54) is 4.68 Å². The lowest BCUT2D eigenvalue weighted by atomic mass is 10.1. The van der Waals surface area contributed by atoms with Gasteiger partial charge in [-0.2, -0.15) is 0 Å². The van der Waals surface area contributed by atoms with Crippen molar-refractivity contribution in [2.24, 2.45) is 4.99 Å². The quantitative estimate of drug-likeness (QED) is 0.655. The molecular weight excluding hydrogens is 380 g/mol. The number of hydrogen-bond acceptors (Lipinski definition) is 5. The van der Waals surface area contributed by atoms with Gasteiger partial charge in [-0.05, 0) is 36.6 Å². The maximum Gasteiger partial charge on any atom is 0.352 e. The number of anilines is 2. The molecule has 3 aliphatic rings. The fraction of sp³-hybridized carbons (Fsp3) is 0.273. The molecule has 2 aromatic carbocycles. The number of aliphatic imine (C=N–C) groups is 1. The highest BCUT2D eigenvalue weighted by Gasteiger charge is 2.34. The Morgan fingerprint density at radius 2 is 1.80 bits per heavy atom. The summed E-state index contributed by atoms with van der Waals surface area (Å²) in [5.74, 6) is 1.26. The molecule has 0 N–H and O–H groups in total. The Labute approximate surface area is 172 Å². The third-order valence-corrected chi connectivity index (χ3v) is 5.98. The summed E-state index contributed by atoms with van der Waals surface area (Å²) in [4.78, 5) is 34.7. The summed E-state index contributed by atoms with van der Waals surface area (Å²) in [7, 11) is 0. The second kappa shape index (κ2) is 6.41. The van der Waals surface area contributed by atoms with E-state index in [0.29, 0.717) is 12.5 Å². The molecule has 3 aliphatic heterocycles. The molecule has 0 bridgehead atoms. The molecule has 0 fully saturated rings. The van der Waals surface area contributed by atoms with E-state index in [4.69, 9.17) is 0 Å². The van der Waals surface area contributed by atoms with Gasteiger partial charge in [0, 0.05) is 30.9 Å². The average Bonchev–Trinajstić information content (AvgIpc) is 3.36. The molecule has 0 aliphatic carbocycles. The van der Waals surface area contributed by atoms with Gasteiger partial charge in [0.1, 0.15) is 12.4 Å². The van der Waals surface area contributed by atoms with Gasteiger partial charge in [0.15, 0.2) is 0 Å². The van der Waals surface area contributed by atoms with Crippen molar-refractivity contribution >= 4 is 23.4 Å². The van der Waals surface area contributed by atoms with Gasteiger partial charge in [-0.25, -0.2) is 14.0 Å². The lowest BCUT2D eigenvalue weighted by Crippen LogP contribution is -2.43. The van der Waals surface area contributed by atoms with Crippen LogP contribution in [0.5, 0.6) is 0 Å². The minimum absolute atomic E-state index is 0.0876. The number of nitrogens with zero attached hydrogens (tertiary/aromatic N) is 6. The summed E-state index contributed by atoms with van der Waals surface area (Å²) < 4.78 is 2.89. The van der Waals surface area contributed by atoms with Crippen LogP contribution in [0.1, 0.15) is 17.5 Å². The van der Waals surface area contributed by atoms with E-state index in [9.17, 15) is 9.59 Å². The largest absolute Gasteiger partial charge is 0.352 e. The number of aromatic nitrogens is 3. The van der Waals surface area contributed by atoms with Gasteiger partial charge < -0.3 is 4.90 Å². The van der Waals surface area contributed by atoms with Crippen LogP contribution in [0.3, 0.4) is 0 Å². The number of amides is 1. The highest BCUT2D eigenvalue weighted by atomic mass is 16.2. The van der Waals surface area contributed by atoms with Crippen LogP contribution in [0.4, 0.5) is 11.6 Å². The van der Waals surface area contributed by atoms with E-state index in [1.54, 1.807) is 9.47 Å². The molecule has 0 unspecified atom stereocenters. The zero-order valence-corrected chi connectivity index (χ0v) is 16.4. The Hall–Kier alpha value is -3.68. The van der Waals surface area contributed by atoms with E-state index in [0.717, 1.165) is 54.3 Å². The fourth-order valence-corrected chi connectivity index (χ4v) is 4.58. The zero-order valence-electron chi connectivity index (χ0n) is 16.4. The molecule has 1 amide bonds. The van der Waals surface area contributed by atoms with Crippen molar-refractivity contribution in [1.29, 1.82) is 0 Å². The molecule has 30 heavy (non-hydrogen) atoms. The van der Waals surface area contributed by atoms with Crippen LogP contribution in [0.25, 0.3) is 5.69 Å². The molecule has 0 saturated heterocycles. The molecule has 0 atom stereocenters. The van der Waals surface area contributed by atoms with Crippen molar-refractivity contribution in [3.05, 3.63) is 70.1 Å². The first-order valence-electron chi connectivity index (χ1n) is 10.2. The number of carbonyl (C=O) groups excluding carboxylic acids is 1. The Bertz CT molecular complexity index is 1270. The SMILES string of the molecule is O=C(Cn1nc2n(c1=O)-c1ccccc1C1=NCCCN12)N1CCc2ccccc21. The minimum atomic E-state index is -0.303. The van der Waals surface area contributed by atoms with E-state index in [-0.39, 0.29) is 18.1 Å². The van der Waals surface area contributed by atoms with Crippen molar-refractivity contribution in [2.75, 3.05) is 29.4 Å².